The highest BCUT2D eigenvalue weighted by Gasteiger charge is 2.06. The lowest BCUT2D eigenvalue weighted by Gasteiger charge is -2.12. The van der Waals surface area contributed by atoms with Gasteiger partial charge in [-0.05, 0) is 29.8 Å². The number of benzene rings is 2. The Balaban J connectivity index is 2.06. The van der Waals surface area contributed by atoms with E-state index in [0.29, 0.717) is 29.7 Å². The molecule has 23 heavy (non-hydrogen) atoms. The topological polar surface area (TPSA) is 78.1 Å². The number of aliphatic imine (C=N–C) groups is 1. The molecule has 0 saturated carbocycles. The maximum absolute atomic E-state index is 5.94. The third-order valence-electron chi connectivity index (χ3n) is 3.26. The van der Waals surface area contributed by atoms with Crippen LogP contribution in [0.5, 0.6) is 17.2 Å². The van der Waals surface area contributed by atoms with Gasteiger partial charge in [-0.25, -0.2) is 4.99 Å². The summed E-state index contributed by atoms with van der Waals surface area (Å²) in [7, 11) is 4.83. The van der Waals surface area contributed by atoms with E-state index in [1.54, 1.807) is 33.5 Å². The molecule has 3 N–H and O–H groups in total. The van der Waals surface area contributed by atoms with Crippen LogP contribution in [0.2, 0.25) is 0 Å². The molecule has 0 aliphatic carbocycles. The molecule has 0 bridgehead atoms. The van der Waals surface area contributed by atoms with Crippen molar-refractivity contribution in [1.82, 2.24) is 0 Å². The maximum atomic E-state index is 5.94. The number of guanidine groups is 1. The number of hydrogen-bond donors (Lipinski definition) is 2. The van der Waals surface area contributed by atoms with Gasteiger partial charge in [0.2, 0.25) is 0 Å². The van der Waals surface area contributed by atoms with Crippen LogP contribution in [0.4, 0.5) is 5.69 Å². The van der Waals surface area contributed by atoms with E-state index in [2.05, 4.69) is 10.3 Å². The number of nitrogens with zero attached hydrogens (tertiary/aromatic N) is 1. The Labute approximate surface area is 135 Å². The standard InChI is InChI=1S/C17H21N3O3/c1-21-13-6-4-12(5-7-13)11-19-17(18)20-15-10-14(22-2)8-9-16(15)23-3/h4-10H,11H2,1-3H3,(H3,18,19,20). The van der Waals surface area contributed by atoms with Crippen LogP contribution in [-0.4, -0.2) is 27.3 Å². The van der Waals surface area contributed by atoms with Crippen molar-refractivity contribution in [2.45, 2.75) is 6.54 Å². The van der Waals surface area contributed by atoms with Crippen molar-refractivity contribution in [2.24, 2.45) is 10.7 Å². The first kappa shape index (κ1) is 16.5. The molecule has 0 fully saturated rings. The molecule has 2 aromatic rings. The zero-order chi connectivity index (χ0) is 16.7. The van der Waals surface area contributed by atoms with E-state index in [1.165, 1.54) is 0 Å². The van der Waals surface area contributed by atoms with Gasteiger partial charge in [-0.2, -0.15) is 0 Å². The fraction of sp³-hybridized carbons (Fsp3) is 0.235. The fourth-order valence-corrected chi connectivity index (χ4v) is 2.00. The molecule has 0 spiro atoms. The molecule has 0 aliphatic heterocycles. The highest BCUT2D eigenvalue weighted by molar-refractivity contribution is 5.94. The number of nitrogens with one attached hydrogen (secondary N) is 1. The van der Waals surface area contributed by atoms with Gasteiger partial charge in [0.05, 0.1) is 33.6 Å². The number of rotatable bonds is 6. The minimum atomic E-state index is 0.298. The Morgan fingerprint density at radius 2 is 1.61 bits per heavy atom. The van der Waals surface area contributed by atoms with Gasteiger partial charge < -0.3 is 25.3 Å². The summed E-state index contributed by atoms with van der Waals surface area (Å²) in [4.78, 5) is 4.32. The van der Waals surface area contributed by atoms with E-state index in [1.807, 2.05) is 30.3 Å². The lowest BCUT2D eigenvalue weighted by Crippen LogP contribution is -2.23. The Morgan fingerprint density at radius 3 is 2.22 bits per heavy atom. The second kappa shape index (κ2) is 7.93. The van der Waals surface area contributed by atoms with Crippen molar-refractivity contribution < 1.29 is 14.2 Å². The highest BCUT2D eigenvalue weighted by Crippen LogP contribution is 2.28. The third-order valence-corrected chi connectivity index (χ3v) is 3.26. The Morgan fingerprint density at radius 1 is 0.957 bits per heavy atom. The second-order valence-electron chi connectivity index (χ2n) is 4.74. The summed E-state index contributed by atoms with van der Waals surface area (Å²) in [6.45, 7) is 0.467. The van der Waals surface area contributed by atoms with Gasteiger partial charge in [-0.3, -0.25) is 0 Å². The molecular weight excluding hydrogens is 294 g/mol. The minimum Gasteiger partial charge on any atom is -0.497 e. The molecule has 2 rings (SSSR count). The smallest absolute Gasteiger partial charge is 0.193 e. The minimum absolute atomic E-state index is 0.298. The molecule has 0 heterocycles. The predicted octanol–water partition coefficient (Wildman–Crippen LogP) is 2.64. The largest absolute Gasteiger partial charge is 0.497 e. The molecule has 0 unspecified atom stereocenters. The highest BCUT2D eigenvalue weighted by atomic mass is 16.5. The predicted molar refractivity (Wildman–Crippen MR) is 91.5 cm³/mol. The van der Waals surface area contributed by atoms with Gasteiger partial charge in [-0.15, -0.1) is 0 Å². The summed E-state index contributed by atoms with van der Waals surface area (Å²) in [5.41, 5.74) is 7.67. The molecule has 122 valence electrons. The zero-order valence-electron chi connectivity index (χ0n) is 13.5. The lowest BCUT2D eigenvalue weighted by atomic mass is 10.2. The number of hydrogen-bond acceptors (Lipinski definition) is 4. The first-order valence-electron chi connectivity index (χ1n) is 7.08. The van der Waals surface area contributed by atoms with E-state index in [9.17, 15) is 0 Å². The molecule has 2 aromatic carbocycles. The first-order valence-corrected chi connectivity index (χ1v) is 7.08. The summed E-state index contributed by atoms with van der Waals surface area (Å²) in [6.07, 6.45) is 0. The zero-order valence-corrected chi connectivity index (χ0v) is 13.5. The average molecular weight is 315 g/mol. The summed E-state index contributed by atoms with van der Waals surface area (Å²) < 4.78 is 15.6. The number of methoxy groups -OCH3 is 3. The van der Waals surface area contributed by atoms with E-state index in [4.69, 9.17) is 19.9 Å². The SMILES string of the molecule is COc1ccc(CN=C(N)Nc2cc(OC)ccc2OC)cc1. The van der Waals surface area contributed by atoms with Crippen LogP contribution < -0.4 is 25.3 Å². The lowest BCUT2D eigenvalue weighted by molar-refractivity contribution is 0.405. The van der Waals surface area contributed by atoms with E-state index >= 15 is 0 Å². The Kier molecular flexibility index (Phi) is 5.68. The quantitative estimate of drug-likeness (QED) is 0.633. The average Bonchev–Trinajstić information content (AvgIpc) is 2.60. The first-order chi connectivity index (χ1) is 11.2. The monoisotopic (exact) mass is 315 g/mol. The summed E-state index contributed by atoms with van der Waals surface area (Å²) >= 11 is 0. The van der Waals surface area contributed by atoms with E-state index < -0.39 is 0 Å². The summed E-state index contributed by atoms with van der Waals surface area (Å²) in [6, 6.07) is 13.1. The van der Waals surface area contributed by atoms with Gasteiger partial charge in [0.25, 0.3) is 0 Å². The van der Waals surface area contributed by atoms with E-state index in [-0.39, 0.29) is 0 Å². The maximum Gasteiger partial charge on any atom is 0.193 e. The molecule has 0 saturated heterocycles. The van der Waals surface area contributed by atoms with Crippen LogP contribution in [-0.2, 0) is 6.54 Å². The van der Waals surface area contributed by atoms with Gasteiger partial charge in [0.1, 0.15) is 17.2 Å². The van der Waals surface area contributed by atoms with Crippen molar-refractivity contribution >= 4 is 11.6 Å². The summed E-state index contributed by atoms with van der Waals surface area (Å²) in [5.74, 6) is 2.47. The van der Waals surface area contributed by atoms with Gasteiger partial charge >= 0.3 is 0 Å². The fourth-order valence-electron chi connectivity index (χ4n) is 2.00. The van der Waals surface area contributed by atoms with Crippen molar-refractivity contribution in [3.63, 3.8) is 0 Å². The van der Waals surface area contributed by atoms with Crippen LogP contribution >= 0.6 is 0 Å². The van der Waals surface area contributed by atoms with Gasteiger partial charge in [0, 0.05) is 6.07 Å². The van der Waals surface area contributed by atoms with Crippen molar-refractivity contribution in [3.05, 3.63) is 48.0 Å². The van der Waals surface area contributed by atoms with Gasteiger partial charge in [0.15, 0.2) is 5.96 Å². The molecule has 0 aromatic heterocycles. The van der Waals surface area contributed by atoms with E-state index in [0.717, 1.165) is 11.3 Å². The molecule has 0 aliphatic rings. The van der Waals surface area contributed by atoms with Crippen LogP contribution in [0, 0.1) is 0 Å². The van der Waals surface area contributed by atoms with Crippen molar-refractivity contribution in [3.8, 4) is 17.2 Å². The number of ether oxygens (including phenoxy) is 3. The van der Waals surface area contributed by atoms with Crippen LogP contribution in [0.25, 0.3) is 0 Å². The molecule has 0 radical (unpaired) electrons. The van der Waals surface area contributed by atoms with Crippen LogP contribution in [0.1, 0.15) is 5.56 Å². The normalized spacial score (nSPS) is 11.0. The Bertz CT molecular complexity index is 669. The number of anilines is 1. The molecule has 0 amide bonds. The van der Waals surface area contributed by atoms with Crippen molar-refractivity contribution in [2.75, 3.05) is 26.6 Å². The van der Waals surface area contributed by atoms with Gasteiger partial charge in [-0.1, -0.05) is 12.1 Å². The second-order valence-corrected chi connectivity index (χ2v) is 4.74. The van der Waals surface area contributed by atoms with Crippen LogP contribution in [0.15, 0.2) is 47.5 Å². The van der Waals surface area contributed by atoms with Crippen LogP contribution in [0.3, 0.4) is 0 Å². The molecule has 0 atom stereocenters. The molecule has 6 nitrogen and oxygen atoms in total. The summed E-state index contributed by atoms with van der Waals surface area (Å²) in [5, 5.41) is 3.03. The third kappa shape index (κ3) is 4.54. The molecule has 6 heteroatoms. The van der Waals surface area contributed by atoms with Crippen molar-refractivity contribution in [1.29, 1.82) is 0 Å². The molecular formula is C17H21N3O3. The Hall–Kier alpha value is -2.89. The number of nitrogens with two attached hydrogens (primary N) is 1.